The topological polar surface area (TPSA) is 71.3 Å². The van der Waals surface area contributed by atoms with E-state index in [4.69, 9.17) is 9.72 Å². The summed E-state index contributed by atoms with van der Waals surface area (Å²) in [6, 6.07) is 9.15. The highest BCUT2D eigenvalue weighted by Crippen LogP contribution is 2.34. The van der Waals surface area contributed by atoms with Gasteiger partial charge in [0.1, 0.15) is 11.6 Å². The number of nitrogens with one attached hydrogen (secondary N) is 1. The molecule has 2 aromatic heterocycles. The predicted molar refractivity (Wildman–Crippen MR) is 145 cm³/mol. The smallest absolute Gasteiger partial charge is 0.296 e. The van der Waals surface area contributed by atoms with Gasteiger partial charge < -0.3 is 15.0 Å². The van der Waals surface area contributed by atoms with Crippen LogP contribution in [0.2, 0.25) is 0 Å². The lowest BCUT2D eigenvalue weighted by Crippen LogP contribution is -2.46. The van der Waals surface area contributed by atoms with Gasteiger partial charge in [-0.25, -0.2) is 22.5 Å². The lowest BCUT2D eigenvalue weighted by atomic mass is 9.84. The molecule has 1 aliphatic carbocycles. The second kappa shape index (κ2) is 11.5. The van der Waals surface area contributed by atoms with Crippen molar-refractivity contribution in [3.05, 3.63) is 36.2 Å². The maximum atomic E-state index is 14.1. The van der Waals surface area contributed by atoms with Gasteiger partial charge in [0.15, 0.2) is 5.82 Å². The zero-order valence-corrected chi connectivity index (χ0v) is 22.4. The van der Waals surface area contributed by atoms with E-state index >= 15 is 0 Å². The molecule has 2 saturated heterocycles. The molecular formula is C28H35F4N7O. The van der Waals surface area contributed by atoms with E-state index in [0.29, 0.717) is 86.5 Å². The molecule has 0 bridgehead atoms. The highest BCUT2D eigenvalue weighted by molar-refractivity contribution is 5.78. The summed E-state index contributed by atoms with van der Waals surface area (Å²) in [5, 5.41) is 3.38. The Bertz CT molecular complexity index is 1300. The Morgan fingerprint density at radius 2 is 1.62 bits per heavy atom. The number of alkyl halides is 4. The number of para-hydroxylation sites is 2. The van der Waals surface area contributed by atoms with E-state index in [-0.39, 0.29) is 18.7 Å². The van der Waals surface area contributed by atoms with Crippen molar-refractivity contribution < 1.29 is 22.3 Å². The summed E-state index contributed by atoms with van der Waals surface area (Å²) in [6.45, 7) is 4.02. The van der Waals surface area contributed by atoms with Crippen LogP contribution in [0.5, 0.6) is 0 Å². The number of morpholine rings is 1. The average Bonchev–Trinajstić information content (AvgIpc) is 3.37. The molecule has 0 amide bonds. The fourth-order valence-corrected chi connectivity index (χ4v) is 6.17. The molecule has 1 saturated carbocycles. The molecule has 8 nitrogen and oxygen atoms in total. The molecule has 0 spiro atoms. The number of piperidine rings is 1. The lowest BCUT2D eigenvalue weighted by Gasteiger charge is -2.40. The average molecular weight is 562 g/mol. The first-order chi connectivity index (χ1) is 19.4. The van der Waals surface area contributed by atoms with Gasteiger partial charge in [-0.1, -0.05) is 12.1 Å². The highest BCUT2D eigenvalue weighted by Gasteiger charge is 2.37. The number of ether oxygens (including phenoxy) is 1. The van der Waals surface area contributed by atoms with Gasteiger partial charge >= 0.3 is 0 Å². The molecule has 0 radical (unpaired) electrons. The number of aromatic nitrogens is 4. The number of fused-ring (bicyclic) bond motifs is 1. The van der Waals surface area contributed by atoms with Crippen molar-refractivity contribution in [1.82, 2.24) is 24.4 Å². The van der Waals surface area contributed by atoms with Crippen LogP contribution in [-0.2, 0) is 4.74 Å². The Balaban J connectivity index is 1.20. The minimum absolute atomic E-state index is 0.0485. The number of halogens is 4. The first-order valence-electron chi connectivity index (χ1n) is 14.2. The van der Waals surface area contributed by atoms with E-state index in [1.54, 1.807) is 30.3 Å². The summed E-state index contributed by atoms with van der Waals surface area (Å²) in [5.74, 6) is -1.10. The van der Waals surface area contributed by atoms with E-state index in [1.807, 2.05) is 0 Å². The normalized spacial score (nSPS) is 24.1. The van der Waals surface area contributed by atoms with Crippen LogP contribution in [0.25, 0.3) is 16.9 Å². The number of benzene rings is 1. The fraction of sp³-hybridized carbons (Fsp3) is 0.607. The summed E-state index contributed by atoms with van der Waals surface area (Å²) in [4.78, 5) is 17.9. The van der Waals surface area contributed by atoms with Gasteiger partial charge in [-0.2, -0.15) is 9.97 Å². The monoisotopic (exact) mass is 561 g/mol. The fourth-order valence-electron chi connectivity index (χ4n) is 6.17. The molecule has 12 heteroatoms. The quantitative estimate of drug-likeness (QED) is 0.393. The van der Waals surface area contributed by atoms with Crippen molar-refractivity contribution in [1.29, 1.82) is 0 Å². The SMILES string of the molecule is FC(F)c1nc2ccccc2n1-c1cc(N2CCOCC2)nc(NC[C@H]2CC[C@H](N3CCC(F)(F)CC3)CC2)n1. The predicted octanol–water partition coefficient (Wildman–Crippen LogP) is 5.29. The Hall–Kier alpha value is -2.99. The lowest BCUT2D eigenvalue weighted by molar-refractivity contribution is -0.0665. The minimum atomic E-state index is -2.77. The highest BCUT2D eigenvalue weighted by atomic mass is 19.3. The Morgan fingerprint density at radius 3 is 2.35 bits per heavy atom. The van der Waals surface area contributed by atoms with Crippen LogP contribution in [0.1, 0.15) is 50.8 Å². The number of imidazole rings is 1. The molecule has 3 aromatic rings. The summed E-state index contributed by atoms with van der Waals surface area (Å²) in [6.07, 6.45) is 1.07. The number of likely N-dealkylation sites (tertiary alicyclic amines) is 1. The summed E-state index contributed by atoms with van der Waals surface area (Å²) < 4.78 is 62.3. The molecule has 216 valence electrons. The van der Waals surface area contributed by atoms with Gasteiger partial charge in [0, 0.05) is 57.7 Å². The van der Waals surface area contributed by atoms with Crippen molar-refractivity contribution in [3.63, 3.8) is 0 Å². The molecule has 0 unspecified atom stereocenters. The number of hydrogen-bond donors (Lipinski definition) is 1. The maximum absolute atomic E-state index is 14.1. The molecular weight excluding hydrogens is 526 g/mol. The van der Waals surface area contributed by atoms with Crippen molar-refractivity contribution in [2.24, 2.45) is 5.92 Å². The largest absolute Gasteiger partial charge is 0.378 e. The Kier molecular flexibility index (Phi) is 7.80. The van der Waals surface area contributed by atoms with E-state index in [2.05, 4.69) is 25.1 Å². The molecule has 2 aliphatic heterocycles. The molecule has 1 aromatic carbocycles. The van der Waals surface area contributed by atoms with Crippen LogP contribution < -0.4 is 10.2 Å². The van der Waals surface area contributed by atoms with Gasteiger partial charge in [-0.3, -0.25) is 9.47 Å². The summed E-state index contributed by atoms with van der Waals surface area (Å²) in [5.41, 5.74) is 1.04. The summed E-state index contributed by atoms with van der Waals surface area (Å²) in [7, 11) is 0. The van der Waals surface area contributed by atoms with E-state index < -0.39 is 12.3 Å². The van der Waals surface area contributed by atoms with Gasteiger partial charge in [0.25, 0.3) is 12.3 Å². The van der Waals surface area contributed by atoms with Gasteiger partial charge in [0.05, 0.1) is 24.2 Å². The second-order valence-corrected chi connectivity index (χ2v) is 11.0. The first-order valence-corrected chi connectivity index (χ1v) is 14.2. The van der Waals surface area contributed by atoms with Gasteiger partial charge in [-0.05, 0) is 43.7 Å². The van der Waals surface area contributed by atoms with Crippen LogP contribution in [0.3, 0.4) is 0 Å². The molecule has 6 rings (SSSR count). The zero-order chi connectivity index (χ0) is 27.7. The minimum Gasteiger partial charge on any atom is -0.378 e. The van der Waals surface area contributed by atoms with Crippen LogP contribution >= 0.6 is 0 Å². The van der Waals surface area contributed by atoms with Crippen molar-refractivity contribution in [2.45, 2.75) is 56.9 Å². The van der Waals surface area contributed by atoms with Crippen LogP contribution in [0.15, 0.2) is 30.3 Å². The molecule has 0 atom stereocenters. The second-order valence-electron chi connectivity index (χ2n) is 11.0. The van der Waals surface area contributed by atoms with E-state index in [1.165, 1.54) is 4.57 Å². The summed E-state index contributed by atoms with van der Waals surface area (Å²) >= 11 is 0. The molecule has 1 N–H and O–H groups in total. The Morgan fingerprint density at radius 1 is 0.925 bits per heavy atom. The van der Waals surface area contributed by atoms with Crippen LogP contribution in [0, 0.1) is 5.92 Å². The number of anilines is 2. The zero-order valence-electron chi connectivity index (χ0n) is 22.4. The standard InChI is InChI=1S/C28H35F4N7O/c29-25(30)26-34-21-3-1-2-4-22(21)39(26)24-17-23(38-13-15-40-16-14-38)35-27(36-24)33-18-19-5-7-20(8-6-19)37-11-9-28(31,32)10-12-37/h1-4,17,19-20,25H,5-16,18H2,(H,33,35,36)/t19-,20-. The molecule has 4 heterocycles. The van der Waals surface area contributed by atoms with Crippen molar-refractivity contribution >= 4 is 22.8 Å². The third kappa shape index (κ3) is 5.88. The molecule has 3 fully saturated rings. The van der Waals surface area contributed by atoms with Crippen molar-refractivity contribution in [2.75, 3.05) is 56.2 Å². The Labute approximate surface area is 230 Å². The van der Waals surface area contributed by atoms with Crippen LogP contribution in [-0.4, -0.2) is 82.3 Å². The van der Waals surface area contributed by atoms with Gasteiger partial charge in [-0.15, -0.1) is 0 Å². The first kappa shape index (κ1) is 27.2. The maximum Gasteiger partial charge on any atom is 0.296 e. The number of hydrogen-bond acceptors (Lipinski definition) is 7. The molecule has 3 aliphatic rings. The number of rotatable bonds is 7. The van der Waals surface area contributed by atoms with Crippen molar-refractivity contribution in [3.8, 4) is 5.82 Å². The third-order valence-electron chi connectivity index (χ3n) is 8.46. The van der Waals surface area contributed by atoms with E-state index in [0.717, 1.165) is 25.7 Å². The van der Waals surface area contributed by atoms with Crippen LogP contribution in [0.4, 0.5) is 29.3 Å². The number of nitrogens with zero attached hydrogens (tertiary/aromatic N) is 6. The third-order valence-corrected chi connectivity index (χ3v) is 8.46. The molecule has 40 heavy (non-hydrogen) atoms. The van der Waals surface area contributed by atoms with Gasteiger partial charge in [0.2, 0.25) is 5.95 Å². The van der Waals surface area contributed by atoms with E-state index in [9.17, 15) is 17.6 Å².